The topological polar surface area (TPSA) is 54.9 Å². The van der Waals surface area contributed by atoms with Crippen LogP contribution in [0.25, 0.3) is 0 Å². The van der Waals surface area contributed by atoms with Gasteiger partial charge in [0.1, 0.15) is 11.6 Å². The van der Waals surface area contributed by atoms with E-state index in [1.54, 1.807) is 12.4 Å². The van der Waals surface area contributed by atoms with Gasteiger partial charge in [0.05, 0.1) is 12.4 Å². The van der Waals surface area contributed by atoms with E-state index in [1.165, 1.54) is 31.2 Å². The van der Waals surface area contributed by atoms with Crippen LogP contribution >= 0.6 is 0 Å². The van der Waals surface area contributed by atoms with Gasteiger partial charge in [0.25, 0.3) is 0 Å². The summed E-state index contributed by atoms with van der Waals surface area (Å²) in [6.45, 7) is 12.9. The van der Waals surface area contributed by atoms with Crippen molar-refractivity contribution < 1.29 is 9.39 Å². The summed E-state index contributed by atoms with van der Waals surface area (Å²) in [6.07, 6.45) is 8.57. The maximum atomic E-state index is 7.50. The minimum absolute atomic E-state index is 0.523. The van der Waals surface area contributed by atoms with E-state index in [4.69, 9.17) is 9.39 Å². The average molecular weight is 340 g/mol. The Morgan fingerprint density at radius 2 is 1.44 bits per heavy atom. The molecule has 1 fully saturated rings. The van der Waals surface area contributed by atoms with Gasteiger partial charge in [-0.25, -0.2) is 9.97 Å². The fourth-order valence-corrected chi connectivity index (χ4v) is 2.85. The van der Waals surface area contributed by atoms with Crippen molar-refractivity contribution in [1.82, 2.24) is 9.97 Å². The van der Waals surface area contributed by atoms with E-state index in [9.17, 15) is 0 Å². The van der Waals surface area contributed by atoms with E-state index in [-0.39, 0.29) is 0 Å². The molecule has 1 aromatic heterocycles. The Bertz CT molecular complexity index is 613. The van der Waals surface area contributed by atoms with Crippen molar-refractivity contribution in [3.05, 3.63) is 54.7 Å². The van der Waals surface area contributed by atoms with E-state index < -0.39 is 0 Å². The van der Waals surface area contributed by atoms with Crippen LogP contribution in [0.5, 0.6) is 11.5 Å². The van der Waals surface area contributed by atoms with Crippen molar-refractivity contribution in [2.24, 2.45) is 5.92 Å². The quantitative estimate of drug-likeness (QED) is 0.519. The molecule has 0 N–H and O–H groups in total. The zero-order valence-corrected chi connectivity index (χ0v) is 15.7. The van der Waals surface area contributed by atoms with Crippen molar-refractivity contribution in [2.45, 2.75) is 59.3 Å². The Morgan fingerprint density at radius 3 is 1.96 bits per heavy atom. The van der Waals surface area contributed by atoms with Crippen molar-refractivity contribution in [2.75, 3.05) is 0 Å². The van der Waals surface area contributed by atoms with Gasteiger partial charge in [0, 0.05) is 5.92 Å². The molecule has 0 spiro atoms. The summed E-state index contributed by atoms with van der Waals surface area (Å²) in [4.78, 5) is 9.01. The van der Waals surface area contributed by atoms with E-state index in [1.807, 2.05) is 38.1 Å². The maximum absolute atomic E-state index is 7.50. The first-order valence-electron chi connectivity index (χ1n) is 8.97. The molecule has 4 heteroatoms. The second-order valence-corrected chi connectivity index (χ2v) is 6.15. The second-order valence-electron chi connectivity index (χ2n) is 6.15. The van der Waals surface area contributed by atoms with Crippen LogP contribution in [0, 0.1) is 19.5 Å². The standard InChI is InChI=1S/C18H22N2O.C2H6.CO/c1-13-3-7-15(8-4-13)18-19-11-17(12-20-18)21-16-9-5-14(2)6-10-16;2*1-2/h5-6,9-13,15H,3-4,7-8H2,1-2H3;1-2H3;. The number of rotatable bonds is 3. The molecule has 0 saturated heterocycles. The molecule has 2 aromatic rings. The van der Waals surface area contributed by atoms with E-state index in [0.29, 0.717) is 11.7 Å². The summed E-state index contributed by atoms with van der Waals surface area (Å²) in [5.41, 5.74) is 1.22. The number of ether oxygens (including phenoxy) is 1. The third-order valence-corrected chi connectivity index (χ3v) is 4.29. The van der Waals surface area contributed by atoms with Crippen molar-refractivity contribution in [1.29, 1.82) is 0 Å². The summed E-state index contributed by atoms with van der Waals surface area (Å²) in [5.74, 6) is 3.87. The molecule has 1 heterocycles. The van der Waals surface area contributed by atoms with Gasteiger partial charge in [-0.3, -0.25) is 0 Å². The molecule has 1 aromatic carbocycles. The Labute approximate surface area is 151 Å². The van der Waals surface area contributed by atoms with Gasteiger partial charge >= 0.3 is 11.3 Å². The number of hydrogen-bond donors (Lipinski definition) is 0. The molecule has 0 aliphatic heterocycles. The fourth-order valence-electron chi connectivity index (χ4n) is 2.85. The Hall–Kier alpha value is -2.16. The van der Waals surface area contributed by atoms with Gasteiger partial charge in [-0.2, -0.15) is 0 Å². The molecule has 1 aliphatic rings. The molecule has 0 bridgehead atoms. The molecular formula is C21H28N2O2. The molecule has 1 aliphatic carbocycles. The molecule has 0 unspecified atom stereocenters. The number of aryl methyl sites for hydroxylation is 1. The summed E-state index contributed by atoms with van der Waals surface area (Å²) < 4.78 is 13.3. The van der Waals surface area contributed by atoms with Crippen molar-refractivity contribution in [3.63, 3.8) is 0 Å². The van der Waals surface area contributed by atoms with Crippen LogP contribution in [-0.4, -0.2) is 9.97 Å². The molecule has 1 saturated carbocycles. The van der Waals surface area contributed by atoms with Crippen LogP contribution in [0.15, 0.2) is 36.7 Å². The Morgan fingerprint density at radius 1 is 0.920 bits per heavy atom. The van der Waals surface area contributed by atoms with Crippen molar-refractivity contribution >= 4 is 0 Å². The third-order valence-electron chi connectivity index (χ3n) is 4.29. The summed E-state index contributed by atoms with van der Waals surface area (Å²) in [5, 5.41) is 0. The Kier molecular flexibility index (Phi) is 9.53. The fraction of sp³-hybridized carbons (Fsp3) is 0.476. The van der Waals surface area contributed by atoms with Gasteiger partial charge in [0.15, 0.2) is 5.75 Å². The molecule has 0 atom stereocenters. The molecule has 134 valence electrons. The van der Waals surface area contributed by atoms with E-state index in [2.05, 4.69) is 30.5 Å². The van der Waals surface area contributed by atoms with E-state index in [0.717, 1.165) is 17.5 Å². The summed E-state index contributed by atoms with van der Waals surface area (Å²) in [7, 11) is 0. The molecule has 0 amide bonds. The van der Waals surface area contributed by atoms with Crippen LogP contribution in [0.3, 0.4) is 0 Å². The predicted molar refractivity (Wildman–Crippen MR) is 98.9 cm³/mol. The first kappa shape index (κ1) is 20.9. The van der Waals surface area contributed by atoms with Crippen LogP contribution in [0.1, 0.15) is 63.8 Å². The zero-order chi connectivity index (χ0) is 18.7. The SMILES string of the molecule is CC.Cc1ccc(Oc2cnc(C3CCC(C)CC3)nc2)cc1.[C-]#[O+]. The summed E-state index contributed by atoms with van der Waals surface area (Å²) in [6, 6.07) is 8.00. The van der Waals surface area contributed by atoms with Gasteiger partial charge in [-0.1, -0.05) is 51.3 Å². The summed E-state index contributed by atoms with van der Waals surface area (Å²) >= 11 is 0. The number of benzene rings is 1. The van der Waals surface area contributed by atoms with Gasteiger partial charge < -0.3 is 4.74 Å². The van der Waals surface area contributed by atoms with E-state index >= 15 is 0 Å². The van der Waals surface area contributed by atoms with Gasteiger partial charge in [0.2, 0.25) is 0 Å². The van der Waals surface area contributed by atoms with Gasteiger partial charge in [-0.05, 0) is 37.8 Å². The number of aromatic nitrogens is 2. The second kappa shape index (κ2) is 11.4. The normalized spacial score (nSPS) is 18.8. The van der Waals surface area contributed by atoms with Crippen molar-refractivity contribution in [3.8, 4) is 11.5 Å². The van der Waals surface area contributed by atoms with Crippen LogP contribution in [0.4, 0.5) is 0 Å². The molecular weight excluding hydrogens is 312 g/mol. The molecule has 4 nitrogen and oxygen atoms in total. The van der Waals surface area contributed by atoms with Crippen LogP contribution < -0.4 is 4.74 Å². The predicted octanol–water partition coefficient (Wildman–Crippen LogP) is 5.86. The molecule has 3 rings (SSSR count). The minimum atomic E-state index is 0.523. The van der Waals surface area contributed by atoms with Crippen LogP contribution in [-0.2, 0) is 4.65 Å². The molecule has 0 radical (unpaired) electrons. The van der Waals surface area contributed by atoms with Gasteiger partial charge in [-0.15, -0.1) is 0 Å². The third kappa shape index (κ3) is 6.69. The average Bonchev–Trinajstić information content (AvgIpc) is 2.68. The first-order valence-corrected chi connectivity index (χ1v) is 8.97. The first-order chi connectivity index (χ1) is 12.2. The molecule has 25 heavy (non-hydrogen) atoms. The monoisotopic (exact) mass is 340 g/mol. The number of nitrogens with zero attached hydrogens (tertiary/aromatic N) is 2. The zero-order valence-electron chi connectivity index (χ0n) is 15.7. The Balaban J connectivity index is 0.000000730. The number of hydrogen-bond acceptors (Lipinski definition) is 3. The van der Waals surface area contributed by atoms with Crippen LogP contribution in [0.2, 0.25) is 0 Å².